The monoisotopic (exact) mass is 275 g/mol. The van der Waals surface area contributed by atoms with Crippen molar-refractivity contribution in [1.29, 1.82) is 0 Å². The van der Waals surface area contributed by atoms with Gasteiger partial charge in [-0.05, 0) is 56.1 Å². The molecule has 3 rings (SSSR count). The highest BCUT2D eigenvalue weighted by molar-refractivity contribution is 7.80. The summed E-state index contributed by atoms with van der Waals surface area (Å²) in [6.45, 7) is 1.07. The highest BCUT2D eigenvalue weighted by Gasteiger charge is 2.25. The Kier molecular flexibility index (Phi) is 3.44. The number of pyridine rings is 1. The minimum absolute atomic E-state index is 0.471. The second-order valence-electron chi connectivity index (χ2n) is 5.86. The van der Waals surface area contributed by atoms with E-state index in [1.807, 2.05) is 0 Å². The van der Waals surface area contributed by atoms with E-state index in [0.29, 0.717) is 4.99 Å². The van der Waals surface area contributed by atoms with E-state index in [-0.39, 0.29) is 0 Å². The van der Waals surface area contributed by atoms with Gasteiger partial charge in [0.05, 0.1) is 5.56 Å². The number of fused-ring (bicyclic) bond motifs is 1. The highest BCUT2D eigenvalue weighted by Crippen LogP contribution is 2.32. The molecule has 102 valence electrons. The van der Waals surface area contributed by atoms with Gasteiger partial charge in [0, 0.05) is 19.3 Å². The van der Waals surface area contributed by atoms with Crippen molar-refractivity contribution in [2.24, 2.45) is 11.7 Å². The maximum atomic E-state index is 5.90. The standard InChI is InChI=1S/C15H21N3S/c1-18(9-10-6-7-10)15-12(14(16)19)8-11-4-2-3-5-13(11)17-15/h8,10H,2-7,9H2,1H3,(H2,16,19). The molecule has 4 heteroatoms. The van der Waals surface area contributed by atoms with Gasteiger partial charge in [0.15, 0.2) is 0 Å². The number of rotatable bonds is 4. The molecule has 1 fully saturated rings. The minimum atomic E-state index is 0.471. The van der Waals surface area contributed by atoms with Gasteiger partial charge in [-0.15, -0.1) is 0 Å². The number of anilines is 1. The van der Waals surface area contributed by atoms with Crippen LogP contribution >= 0.6 is 12.2 Å². The third-order valence-corrected chi connectivity index (χ3v) is 4.36. The Morgan fingerprint density at radius 2 is 2.16 bits per heavy atom. The second-order valence-corrected chi connectivity index (χ2v) is 6.30. The molecule has 19 heavy (non-hydrogen) atoms. The first-order valence-corrected chi connectivity index (χ1v) is 7.59. The predicted octanol–water partition coefficient (Wildman–Crippen LogP) is 2.44. The molecule has 0 unspecified atom stereocenters. The zero-order chi connectivity index (χ0) is 13.4. The van der Waals surface area contributed by atoms with Gasteiger partial charge >= 0.3 is 0 Å². The molecular weight excluding hydrogens is 254 g/mol. The van der Waals surface area contributed by atoms with Crippen molar-refractivity contribution >= 4 is 23.0 Å². The Bertz CT molecular complexity index is 508. The predicted molar refractivity (Wildman–Crippen MR) is 82.8 cm³/mol. The van der Waals surface area contributed by atoms with Crippen molar-refractivity contribution in [2.45, 2.75) is 38.5 Å². The van der Waals surface area contributed by atoms with Gasteiger partial charge in [0.1, 0.15) is 10.8 Å². The van der Waals surface area contributed by atoms with E-state index in [1.54, 1.807) is 0 Å². The summed E-state index contributed by atoms with van der Waals surface area (Å²) in [7, 11) is 2.11. The first kappa shape index (κ1) is 12.9. The number of hydrogen-bond donors (Lipinski definition) is 1. The van der Waals surface area contributed by atoms with Crippen molar-refractivity contribution < 1.29 is 0 Å². The quantitative estimate of drug-likeness (QED) is 0.857. The molecule has 1 saturated carbocycles. The second kappa shape index (κ2) is 5.08. The number of thiocarbonyl (C=S) groups is 1. The summed E-state index contributed by atoms with van der Waals surface area (Å²) in [5, 5.41) is 0. The average molecular weight is 275 g/mol. The summed E-state index contributed by atoms with van der Waals surface area (Å²) in [4.78, 5) is 7.58. The molecular formula is C15H21N3S. The molecule has 0 aromatic carbocycles. The molecule has 1 aromatic rings. The van der Waals surface area contributed by atoms with Gasteiger partial charge in [0.2, 0.25) is 0 Å². The van der Waals surface area contributed by atoms with Crippen molar-refractivity contribution in [2.75, 3.05) is 18.5 Å². The Balaban J connectivity index is 1.97. The molecule has 0 aliphatic heterocycles. The number of nitrogens with zero attached hydrogens (tertiary/aromatic N) is 2. The summed E-state index contributed by atoms with van der Waals surface area (Å²) in [6.07, 6.45) is 7.40. The zero-order valence-electron chi connectivity index (χ0n) is 11.5. The average Bonchev–Trinajstić information content (AvgIpc) is 3.21. The van der Waals surface area contributed by atoms with Crippen LogP contribution < -0.4 is 10.6 Å². The molecule has 3 nitrogen and oxygen atoms in total. The number of aromatic nitrogens is 1. The lowest BCUT2D eigenvalue weighted by Gasteiger charge is -2.24. The van der Waals surface area contributed by atoms with E-state index in [9.17, 15) is 0 Å². The smallest absolute Gasteiger partial charge is 0.138 e. The van der Waals surface area contributed by atoms with Crippen LogP contribution in [0.1, 0.15) is 42.5 Å². The third kappa shape index (κ3) is 2.73. The largest absolute Gasteiger partial charge is 0.389 e. The fraction of sp³-hybridized carbons (Fsp3) is 0.600. The molecule has 2 N–H and O–H groups in total. The van der Waals surface area contributed by atoms with Gasteiger partial charge < -0.3 is 10.6 Å². The normalized spacial score (nSPS) is 17.9. The van der Waals surface area contributed by atoms with Crippen LogP contribution in [0.15, 0.2) is 6.07 Å². The summed E-state index contributed by atoms with van der Waals surface area (Å²) >= 11 is 5.21. The molecule has 0 bridgehead atoms. The van der Waals surface area contributed by atoms with Crippen LogP contribution in [0.4, 0.5) is 5.82 Å². The van der Waals surface area contributed by atoms with Gasteiger partial charge in [-0.1, -0.05) is 12.2 Å². The summed E-state index contributed by atoms with van der Waals surface area (Å²) < 4.78 is 0. The third-order valence-electron chi connectivity index (χ3n) is 4.14. The molecule has 0 saturated heterocycles. The fourth-order valence-electron chi connectivity index (χ4n) is 2.87. The molecule has 0 spiro atoms. The van der Waals surface area contributed by atoms with E-state index in [4.69, 9.17) is 22.9 Å². The fourth-order valence-corrected chi connectivity index (χ4v) is 3.02. The lowest BCUT2D eigenvalue weighted by atomic mass is 9.94. The van der Waals surface area contributed by atoms with E-state index >= 15 is 0 Å². The van der Waals surface area contributed by atoms with Crippen LogP contribution in [0.5, 0.6) is 0 Å². The summed E-state index contributed by atoms with van der Waals surface area (Å²) in [6, 6.07) is 2.18. The van der Waals surface area contributed by atoms with Gasteiger partial charge in [0.25, 0.3) is 0 Å². The van der Waals surface area contributed by atoms with Crippen molar-refractivity contribution in [3.05, 3.63) is 22.9 Å². The van der Waals surface area contributed by atoms with Crippen LogP contribution in [0.2, 0.25) is 0 Å². The Hall–Kier alpha value is -1.16. The highest BCUT2D eigenvalue weighted by atomic mass is 32.1. The maximum absolute atomic E-state index is 5.90. The van der Waals surface area contributed by atoms with Gasteiger partial charge in [-0.25, -0.2) is 4.98 Å². The van der Waals surface area contributed by atoms with Gasteiger partial charge in [-0.3, -0.25) is 0 Å². The van der Waals surface area contributed by atoms with Crippen molar-refractivity contribution in [3.8, 4) is 0 Å². The zero-order valence-corrected chi connectivity index (χ0v) is 12.3. The van der Waals surface area contributed by atoms with E-state index < -0.39 is 0 Å². The lowest BCUT2D eigenvalue weighted by molar-refractivity contribution is 0.664. The number of nitrogens with two attached hydrogens (primary N) is 1. The molecule has 0 atom stereocenters. The van der Waals surface area contributed by atoms with Crippen LogP contribution in [-0.4, -0.2) is 23.6 Å². The minimum Gasteiger partial charge on any atom is -0.389 e. The van der Waals surface area contributed by atoms with Crippen molar-refractivity contribution in [1.82, 2.24) is 4.98 Å². The van der Waals surface area contributed by atoms with E-state index in [2.05, 4.69) is 18.0 Å². The van der Waals surface area contributed by atoms with Crippen molar-refractivity contribution in [3.63, 3.8) is 0 Å². The van der Waals surface area contributed by atoms with Gasteiger partial charge in [-0.2, -0.15) is 0 Å². The number of aryl methyl sites for hydroxylation is 2. The molecule has 0 radical (unpaired) electrons. The molecule has 2 aliphatic rings. The van der Waals surface area contributed by atoms with Crippen LogP contribution in [0.25, 0.3) is 0 Å². The van der Waals surface area contributed by atoms with E-state index in [1.165, 1.54) is 36.9 Å². The van der Waals surface area contributed by atoms with E-state index in [0.717, 1.165) is 36.7 Å². The topological polar surface area (TPSA) is 42.2 Å². The summed E-state index contributed by atoms with van der Waals surface area (Å²) in [5.41, 5.74) is 9.45. The Morgan fingerprint density at radius 3 is 2.84 bits per heavy atom. The Labute approximate surface area is 120 Å². The first-order valence-electron chi connectivity index (χ1n) is 7.19. The van der Waals surface area contributed by atoms with Crippen LogP contribution in [0.3, 0.4) is 0 Å². The Morgan fingerprint density at radius 1 is 1.42 bits per heavy atom. The molecule has 1 aromatic heterocycles. The molecule has 0 amide bonds. The first-order chi connectivity index (χ1) is 9.15. The number of hydrogen-bond acceptors (Lipinski definition) is 3. The lowest BCUT2D eigenvalue weighted by Crippen LogP contribution is -2.26. The maximum Gasteiger partial charge on any atom is 0.138 e. The molecule has 2 aliphatic carbocycles. The van der Waals surface area contributed by atoms with Crippen LogP contribution in [0, 0.1) is 5.92 Å². The SMILES string of the molecule is CN(CC1CC1)c1nc2c(cc1C(N)=S)CCCC2. The van der Waals surface area contributed by atoms with Crippen LogP contribution in [-0.2, 0) is 12.8 Å². The summed E-state index contributed by atoms with van der Waals surface area (Å²) in [5.74, 6) is 1.82. The molecule has 1 heterocycles.